The van der Waals surface area contributed by atoms with Crippen molar-refractivity contribution in [1.29, 1.82) is 0 Å². The molecule has 0 aliphatic heterocycles. The van der Waals surface area contributed by atoms with Gasteiger partial charge in [0.1, 0.15) is 5.69 Å². The molecule has 0 saturated carbocycles. The molecule has 7 heteroatoms. The zero-order valence-corrected chi connectivity index (χ0v) is 20.9. The van der Waals surface area contributed by atoms with Crippen LogP contribution in [0.25, 0.3) is 21.8 Å². The van der Waals surface area contributed by atoms with Gasteiger partial charge in [-0.15, -0.1) is 0 Å². The smallest absolute Gasteiger partial charge is 0.418 e. The number of carbonyl (C=O) groups is 2. The maximum atomic E-state index is 12.2. The fourth-order valence-corrected chi connectivity index (χ4v) is 4.09. The average Bonchev–Trinajstić information content (AvgIpc) is 3.48. The highest BCUT2D eigenvalue weighted by molar-refractivity contribution is 6.30. The van der Waals surface area contributed by atoms with Gasteiger partial charge in [-0.25, -0.2) is 9.59 Å². The first-order chi connectivity index (χ1) is 17.5. The van der Waals surface area contributed by atoms with E-state index in [0.717, 1.165) is 27.4 Å². The summed E-state index contributed by atoms with van der Waals surface area (Å²) in [4.78, 5) is 23.7. The first-order valence-corrected chi connectivity index (χ1v) is 12.1. The SMILES string of the molecule is CCOC(=O)c1cc2ccccc2n1Cc1ccc(Cl)cc1.CCOC(=O)n1ccc2ccccc21. The first kappa shape index (κ1) is 25.1. The number of hydrogen-bond acceptors (Lipinski definition) is 4. The first-order valence-electron chi connectivity index (χ1n) is 11.7. The lowest BCUT2D eigenvalue weighted by atomic mass is 10.2. The van der Waals surface area contributed by atoms with Crippen molar-refractivity contribution in [1.82, 2.24) is 9.13 Å². The number of carbonyl (C=O) groups excluding carboxylic acids is 2. The Hall–Kier alpha value is -4.03. The van der Waals surface area contributed by atoms with Crippen LogP contribution in [0.1, 0.15) is 29.9 Å². The van der Waals surface area contributed by atoms with Gasteiger partial charge in [0.15, 0.2) is 0 Å². The summed E-state index contributed by atoms with van der Waals surface area (Å²) in [6, 6.07) is 27.0. The third-order valence-corrected chi connectivity index (χ3v) is 5.87. The molecule has 0 atom stereocenters. The van der Waals surface area contributed by atoms with Crippen molar-refractivity contribution in [3.63, 3.8) is 0 Å². The van der Waals surface area contributed by atoms with Crippen molar-refractivity contribution < 1.29 is 19.1 Å². The molecule has 0 N–H and O–H groups in total. The molecule has 0 unspecified atom stereocenters. The van der Waals surface area contributed by atoms with Gasteiger partial charge in [0, 0.05) is 34.1 Å². The van der Waals surface area contributed by atoms with Crippen LogP contribution in [-0.4, -0.2) is 34.4 Å². The highest BCUT2D eigenvalue weighted by atomic mass is 35.5. The highest BCUT2D eigenvalue weighted by Crippen LogP contribution is 2.22. The Kier molecular flexibility index (Phi) is 8.08. The van der Waals surface area contributed by atoms with Crippen molar-refractivity contribution in [3.8, 4) is 0 Å². The molecule has 0 amide bonds. The van der Waals surface area contributed by atoms with Crippen LogP contribution in [0, 0.1) is 0 Å². The maximum Gasteiger partial charge on any atom is 0.418 e. The van der Waals surface area contributed by atoms with Crippen molar-refractivity contribution in [2.24, 2.45) is 0 Å². The second-order valence-corrected chi connectivity index (χ2v) is 8.40. The number of esters is 1. The highest BCUT2D eigenvalue weighted by Gasteiger charge is 2.16. The quantitative estimate of drug-likeness (QED) is 0.239. The molecule has 0 fully saturated rings. The van der Waals surface area contributed by atoms with E-state index in [0.29, 0.717) is 30.5 Å². The van der Waals surface area contributed by atoms with Crippen LogP contribution < -0.4 is 0 Å². The predicted molar refractivity (Wildman–Crippen MR) is 143 cm³/mol. The molecule has 2 aromatic heterocycles. The van der Waals surface area contributed by atoms with Gasteiger partial charge in [0.25, 0.3) is 0 Å². The Morgan fingerprint density at radius 2 is 1.42 bits per heavy atom. The number of hydrogen-bond donors (Lipinski definition) is 0. The summed E-state index contributed by atoms with van der Waals surface area (Å²) in [5.41, 5.74) is 3.54. The molecule has 184 valence electrons. The molecule has 6 nitrogen and oxygen atoms in total. The van der Waals surface area contributed by atoms with Crippen LogP contribution >= 0.6 is 11.6 Å². The molecule has 2 heterocycles. The summed E-state index contributed by atoms with van der Waals surface area (Å²) in [6.07, 6.45) is 1.40. The van der Waals surface area contributed by atoms with E-state index < -0.39 is 0 Å². The van der Waals surface area contributed by atoms with E-state index in [1.54, 1.807) is 13.1 Å². The third-order valence-electron chi connectivity index (χ3n) is 5.61. The number of fused-ring (bicyclic) bond motifs is 2. The van der Waals surface area contributed by atoms with Crippen LogP contribution in [0.3, 0.4) is 0 Å². The maximum absolute atomic E-state index is 12.2. The lowest BCUT2D eigenvalue weighted by molar-refractivity contribution is 0.0515. The second kappa shape index (κ2) is 11.6. The Labute approximate surface area is 214 Å². The summed E-state index contributed by atoms with van der Waals surface area (Å²) in [7, 11) is 0. The molecular weight excluding hydrogens is 476 g/mol. The topological polar surface area (TPSA) is 62.5 Å². The Morgan fingerprint density at radius 3 is 2.11 bits per heavy atom. The fraction of sp³-hybridized carbons (Fsp3) is 0.172. The zero-order chi connectivity index (χ0) is 25.5. The number of rotatable bonds is 5. The van der Waals surface area contributed by atoms with Crippen molar-refractivity contribution >= 4 is 45.5 Å². The normalized spacial score (nSPS) is 10.6. The number of benzene rings is 3. The van der Waals surface area contributed by atoms with Crippen molar-refractivity contribution in [2.75, 3.05) is 13.2 Å². The van der Waals surface area contributed by atoms with Crippen molar-refractivity contribution in [3.05, 3.63) is 107 Å². The minimum atomic E-state index is -0.325. The van der Waals surface area contributed by atoms with E-state index in [9.17, 15) is 9.59 Å². The summed E-state index contributed by atoms with van der Waals surface area (Å²) >= 11 is 5.93. The van der Waals surface area contributed by atoms with Gasteiger partial charge < -0.3 is 14.0 Å². The predicted octanol–water partition coefficient (Wildman–Crippen LogP) is 7.17. The average molecular weight is 503 g/mol. The largest absolute Gasteiger partial charge is 0.461 e. The lowest BCUT2D eigenvalue weighted by Crippen LogP contribution is -2.12. The summed E-state index contributed by atoms with van der Waals surface area (Å²) in [5, 5.41) is 2.77. The van der Waals surface area contributed by atoms with E-state index in [4.69, 9.17) is 21.1 Å². The summed E-state index contributed by atoms with van der Waals surface area (Å²) < 4.78 is 13.6. The molecule has 36 heavy (non-hydrogen) atoms. The number of para-hydroxylation sites is 2. The standard InChI is InChI=1S/C18H16ClNO2.C11H11NO2/c1-2-22-18(21)17-11-14-5-3-4-6-16(14)20(17)12-13-7-9-15(19)10-8-13;1-2-14-11(13)12-8-7-9-5-3-4-6-10(9)12/h3-11H,2,12H2,1H3;3-8H,2H2,1H3. The minimum Gasteiger partial charge on any atom is -0.461 e. The van der Waals surface area contributed by atoms with Gasteiger partial charge in [-0.1, -0.05) is 60.1 Å². The number of aromatic nitrogens is 2. The molecule has 5 aromatic rings. The monoisotopic (exact) mass is 502 g/mol. The molecule has 0 bridgehead atoms. The van der Waals surface area contributed by atoms with Gasteiger partial charge in [0.05, 0.1) is 18.7 Å². The van der Waals surface area contributed by atoms with E-state index in [-0.39, 0.29) is 12.1 Å². The molecule has 5 rings (SSSR count). The van der Waals surface area contributed by atoms with E-state index in [1.807, 2.05) is 96.4 Å². The van der Waals surface area contributed by atoms with Crippen molar-refractivity contribution in [2.45, 2.75) is 20.4 Å². The van der Waals surface area contributed by atoms with Crippen LogP contribution in [0.15, 0.2) is 91.1 Å². The van der Waals surface area contributed by atoms with E-state index in [1.165, 1.54) is 4.57 Å². The van der Waals surface area contributed by atoms with Gasteiger partial charge in [-0.3, -0.25) is 4.57 Å². The number of nitrogens with zero attached hydrogens (tertiary/aromatic N) is 2. The number of ether oxygens (including phenoxy) is 2. The van der Waals surface area contributed by atoms with Gasteiger partial charge >= 0.3 is 12.1 Å². The molecule has 3 aromatic carbocycles. The van der Waals surface area contributed by atoms with E-state index in [2.05, 4.69) is 0 Å². The van der Waals surface area contributed by atoms with Crippen LogP contribution in [0.4, 0.5) is 4.79 Å². The van der Waals surface area contributed by atoms with Gasteiger partial charge in [-0.2, -0.15) is 0 Å². The Balaban J connectivity index is 0.000000187. The van der Waals surface area contributed by atoms with Gasteiger partial charge in [0.2, 0.25) is 0 Å². The molecule has 0 saturated heterocycles. The summed E-state index contributed by atoms with van der Waals surface area (Å²) in [6.45, 7) is 4.96. The zero-order valence-electron chi connectivity index (χ0n) is 20.2. The molecule has 0 radical (unpaired) electrons. The Morgan fingerprint density at radius 1 is 0.778 bits per heavy atom. The summed E-state index contributed by atoms with van der Waals surface area (Å²) in [5.74, 6) is -0.298. The fourth-order valence-electron chi connectivity index (χ4n) is 3.96. The van der Waals surface area contributed by atoms with Crippen LogP contribution in [0.5, 0.6) is 0 Å². The second-order valence-electron chi connectivity index (χ2n) is 7.96. The minimum absolute atomic E-state index is 0.298. The molecular formula is C29H27ClN2O4. The lowest BCUT2D eigenvalue weighted by Gasteiger charge is -2.10. The number of halogens is 1. The molecule has 0 spiro atoms. The van der Waals surface area contributed by atoms with E-state index >= 15 is 0 Å². The van der Waals surface area contributed by atoms with Crippen LogP contribution in [0.2, 0.25) is 5.02 Å². The molecule has 0 aliphatic rings. The molecule has 0 aliphatic carbocycles. The van der Waals surface area contributed by atoms with Gasteiger partial charge in [-0.05, 0) is 55.8 Å². The third kappa shape index (κ3) is 5.61. The Bertz CT molecular complexity index is 1480. The van der Waals surface area contributed by atoms with Crippen LogP contribution in [-0.2, 0) is 16.0 Å².